The minimum Gasteiger partial charge on any atom is -0.366 e. The third-order valence-electron chi connectivity index (χ3n) is 1.29. The Labute approximate surface area is 70.2 Å². The van der Waals surface area contributed by atoms with Crippen LogP contribution in [0, 0.1) is 0 Å². The lowest BCUT2D eigenvalue weighted by Crippen LogP contribution is -2.04. The number of rotatable bonds is 2. The van der Waals surface area contributed by atoms with Gasteiger partial charge in [-0.25, -0.2) is 4.68 Å². The van der Waals surface area contributed by atoms with E-state index in [1.54, 1.807) is 11.8 Å². The van der Waals surface area contributed by atoms with Crippen LogP contribution in [0.5, 0.6) is 0 Å². The number of nitrogens with two attached hydrogens (primary N) is 1. The van der Waals surface area contributed by atoms with Gasteiger partial charge in [0.1, 0.15) is 0 Å². The first-order valence-electron chi connectivity index (χ1n) is 3.41. The van der Waals surface area contributed by atoms with Crippen LogP contribution >= 0.6 is 11.8 Å². The van der Waals surface area contributed by atoms with Gasteiger partial charge in [-0.1, -0.05) is 11.8 Å². The van der Waals surface area contributed by atoms with E-state index in [1.165, 1.54) is 0 Å². The molecule has 0 aliphatic carbocycles. The summed E-state index contributed by atoms with van der Waals surface area (Å²) in [7, 11) is 0. The van der Waals surface area contributed by atoms with E-state index in [9.17, 15) is 0 Å². The molecule has 62 valence electrons. The highest BCUT2D eigenvalue weighted by molar-refractivity contribution is 7.98. The van der Waals surface area contributed by atoms with Gasteiger partial charge in [-0.3, -0.25) is 0 Å². The second kappa shape index (κ2) is 3.13. The monoisotopic (exact) mass is 172 g/mol. The Kier molecular flexibility index (Phi) is 2.38. The van der Waals surface area contributed by atoms with E-state index in [0.717, 1.165) is 5.16 Å². The summed E-state index contributed by atoms with van der Waals surface area (Å²) in [5, 5.41) is 4.92. The smallest absolute Gasteiger partial charge is 0.240 e. The van der Waals surface area contributed by atoms with Gasteiger partial charge in [0.15, 0.2) is 5.16 Å². The van der Waals surface area contributed by atoms with Crippen LogP contribution in [0.3, 0.4) is 0 Å². The Bertz CT molecular complexity index is 243. The normalized spacial score (nSPS) is 10.9. The molecule has 0 amide bonds. The minimum atomic E-state index is 0.322. The van der Waals surface area contributed by atoms with Gasteiger partial charge < -0.3 is 5.73 Å². The largest absolute Gasteiger partial charge is 0.366 e. The van der Waals surface area contributed by atoms with Crippen molar-refractivity contribution in [3.05, 3.63) is 0 Å². The fourth-order valence-electron chi connectivity index (χ4n) is 0.800. The van der Waals surface area contributed by atoms with Gasteiger partial charge in [0.2, 0.25) is 5.95 Å². The van der Waals surface area contributed by atoms with Gasteiger partial charge in [0, 0.05) is 6.04 Å². The molecule has 2 N–H and O–H groups in total. The summed E-state index contributed by atoms with van der Waals surface area (Å²) in [4.78, 5) is 4.04. The maximum Gasteiger partial charge on any atom is 0.240 e. The zero-order valence-corrected chi connectivity index (χ0v) is 7.72. The predicted molar refractivity (Wildman–Crippen MR) is 46.6 cm³/mol. The molecule has 0 saturated heterocycles. The van der Waals surface area contributed by atoms with Crippen molar-refractivity contribution in [3.8, 4) is 0 Å². The molecule has 0 unspecified atom stereocenters. The third kappa shape index (κ3) is 1.65. The number of hydrogen-bond acceptors (Lipinski definition) is 4. The number of aromatic nitrogens is 3. The molecule has 0 aliphatic heterocycles. The molecule has 0 aliphatic rings. The van der Waals surface area contributed by atoms with E-state index in [4.69, 9.17) is 5.73 Å². The molecular weight excluding hydrogens is 160 g/mol. The van der Waals surface area contributed by atoms with Crippen molar-refractivity contribution in [2.75, 3.05) is 12.0 Å². The van der Waals surface area contributed by atoms with Crippen LogP contribution in [0.4, 0.5) is 5.95 Å². The van der Waals surface area contributed by atoms with Crippen LogP contribution < -0.4 is 5.73 Å². The average molecular weight is 172 g/mol. The molecule has 0 radical (unpaired) electrons. The fraction of sp³-hybridized carbons (Fsp3) is 0.667. The van der Waals surface area contributed by atoms with Crippen molar-refractivity contribution in [1.82, 2.24) is 14.8 Å². The summed E-state index contributed by atoms with van der Waals surface area (Å²) >= 11 is 1.55. The van der Waals surface area contributed by atoms with E-state index in [0.29, 0.717) is 12.0 Å². The predicted octanol–water partition coefficient (Wildman–Crippen LogP) is 1.16. The molecule has 1 heterocycles. The van der Waals surface area contributed by atoms with Crippen molar-refractivity contribution in [2.45, 2.75) is 25.0 Å². The Balaban J connectivity index is 3.02. The summed E-state index contributed by atoms with van der Waals surface area (Å²) in [5.74, 6) is 0.350. The molecule has 4 nitrogen and oxygen atoms in total. The Morgan fingerprint density at radius 1 is 1.55 bits per heavy atom. The summed E-state index contributed by atoms with van der Waals surface area (Å²) in [6.45, 7) is 4.10. The molecule has 0 atom stereocenters. The first-order chi connectivity index (χ1) is 5.15. The first kappa shape index (κ1) is 8.39. The minimum absolute atomic E-state index is 0.322. The maximum atomic E-state index is 5.44. The van der Waals surface area contributed by atoms with Crippen molar-refractivity contribution in [2.24, 2.45) is 0 Å². The van der Waals surface area contributed by atoms with Crippen molar-refractivity contribution < 1.29 is 0 Å². The molecule has 0 aromatic carbocycles. The number of hydrogen-bond donors (Lipinski definition) is 1. The molecule has 0 fully saturated rings. The van der Waals surface area contributed by atoms with Gasteiger partial charge >= 0.3 is 0 Å². The molecule has 11 heavy (non-hydrogen) atoms. The SMILES string of the molecule is CSc1nc(N)nn1C(C)C. The highest BCUT2D eigenvalue weighted by Gasteiger charge is 2.08. The Morgan fingerprint density at radius 3 is 2.55 bits per heavy atom. The Hall–Kier alpha value is -0.710. The highest BCUT2D eigenvalue weighted by atomic mass is 32.2. The highest BCUT2D eigenvalue weighted by Crippen LogP contribution is 2.16. The molecule has 0 saturated carbocycles. The van der Waals surface area contributed by atoms with Gasteiger partial charge in [0.05, 0.1) is 0 Å². The van der Waals surface area contributed by atoms with E-state index in [1.807, 2.05) is 24.8 Å². The lowest BCUT2D eigenvalue weighted by molar-refractivity contribution is 0.487. The first-order valence-corrected chi connectivity index (χ1v) is 4.63. The van der Waals surface area contributed by atoms with Crippen LogP contribution in [0.15, 0.2) is 5.16 Å². The number of anilines is 1. The van der Waals surface area contributed by atoms with Crippen molar-refractivity contribution in [3.63, 3.8) is 0 Å². The third-order valence-corrected chi connectivity index (χ3v) is 1.93. The summed E-state index contributed by atoms with van der Waals surface area (Å²) < 4.78 is 1.82. The fourth-order valence-corrected chi connectivity index (χ4v) is 1.42. The summed E-state index contributed by atoms with van der Waals surface area (Å²) in [6, 6.07) is 0.322. The summed E-state index contributed by atoms with van der Waals surface area (Å²) in [6.07, 6.45) is 1.96. The van der Waals surface area contributed by atoms with Crippen LogP contribution in [-0.4, -0.2) is 21.0 Å². The molecule has 0 spiro atoms. The maximum absolute atomic E-state index is 5.44. The van der Waals surface area contributed by atoms with Crippen molar-refractivity contribution >= 4 is 17.7 Å². The van der Waals surface area contributed by atoms with Gasteiger partial charge in [-0.2, -0.15) is 4.98 Å². The van der Waals surface area contributed by atoms with Crippen LogP contribution in [0.25, 0.3) is 0 Å². The van der Waals surface area contributed by atoms with Gasteiger partial charge in [0.25, 0.3) is 0 Å². The number of thioether (sulfide) groups is 1. The van der Waals surface area contributed by atoms with E-state index < -0.39 is 0 Å². The zero-order valence-electron chi connectivity index (χ0n) is 6.90. The zero-order chi connectivity index (χ0) is 8.43. The van der Waals surface area contributed by atoms with Crippen molar-refractivity contribution in [1.29, 1.82) is 0 Å². The van der Waals surface area contributed by atoms with E-state index in [2.05, 4.69) is 10.1 Å². The quantitative estimate of drug-likeness (QED) is 0.680. The van der Waals surface area contributed by atoms with E-state index in [-0.39, 0.29) is 0 Å². The van der Waals surface area contributed by atoms with E-state index >= 15 is 0 Å². The van der Waals surface area contributed by atoms with Crippen LogP contribution in [0.2, 0.25) is 0 Å². The molecule has 0 bridgehead atoms. The number of nitrogens with zero attached hydrogens (tertiary/aromatic N) is 3. The molecule has 1 rings (SSSR count). The van der Waals surface area contributed by atoms with Crippen LogP contribution in [-0.2, 0) is 0 Å². The molecule has 1 aromatic rings. The lowest BCUT2D eigenvalue weighted by Gasteiger charge is -2.05. The second-order valence-electron chi connectivity index (χ2n) is 2.50. The number of nitrogen functional groups attached to an aromatic ring is 1. The van der Waals surface area contributed by atoms with Crippen LogP contribution in [0.1, 0.15) is 19.9 Å². The molecular formula is C6H12N4S. The Morgan fingerprint density at radius 2 is 2.18 bits per heavy atom. The van der Waals surface area contributed by atoms with Gasteiger partial charge in [-0.15, -0.1) is 5.10 Å². The molecule has 1 aromatic heterocycles. The topological polar surface area (TPSA) is 56.7 Å². The lowest BCUT2D eigenvalue weighted by atomic mass is 10.4. The van der Waals surface area contributed by atoms with Gasteiger partial charge in [-0.05, 0) is 20.1 Å². The standard InChI is InChI=1S/C6H12N4S/c1-4(2)10-6(11-3)8-5(7)9-10/h4H,1-3H3,(H2,7,9). The summed E-state index contributed by atoms with van der Waals surface area (Å²) in [5.41, 5.74) is 5.44. The second-order valence-corrected chi connectivity index (χ2v) is 3.27. The molecule has 5 heteroatoms. The average Bonchev–Trinajstić information content (AvgIpc) is 2.30.